The van der Waals surface area contributed by atoms with Crippen LogP contribution in [0.3, 0.4) is 0 Å². The van der Waals surface area contributed by atoms with Crippen molar-refractivity contribution in [1.29, 1.82) is 0 Å². The average Bonchev–Trinajstić information content (AvgIpc) is 2.67. The Morgan fingerprint density at radius 1 is 1.10 bits per heavy atom. The van der Waals surface area contributed by atoms with E-state index in [0.29, 0.717) is 29.8 Å². The molecule has 0 fully saturated rings. The van der Waals surface area contributed by atoms with Gasteiger partial charge in [0.05, 0.1) is 29.6 Å². The number of benzene rings is 1. The van der Waals surface area contributed by atoms with Crippen molar-refractivity contribution in [2.75, 3.05) is 6.61 Å². The van der Waals surface area contributed by atoms with Crippen LogP contribution in [0.15, 0.2) is 29.1 Å². The van der Waals surface area contributed by atoms with Crippen LogP contribution in [0, 0.1) is 0 Å². The third-order valence-electron chi connectivity index (χ3n) is 4.69. The van der Waals surface area contributed by atoms with Crippen molar-refractivity contribution in [3.63, 3.8) is 0 Å². The van der Waals surface area contributed by atoms with Crippen LogP contribution in [0.5, 0.6) is 5.88 Å². The molecule has 0 radical (unpaired) electrons. The van der Waals surface area contributed by atoms with Crippen LogP contribution in [0.4, 0.5) is 0 Å². The summed E-state index contributed by atoms with van der Waals surface area (Å²) in [6.45, 7) is 6.02. The minimum atomic E-state index is -0.306. The average molecular weight is 405 g/mol. The second-order valence-electron chi connectivity index (χ2n) is 7.49. The second kappa shape index (κ2) is 11.6. The van der Waals surface area contributed by atoms with Crippen molar-refractivity contribution in [2.24, 2.45) is 0 Å². The maximum Gasteiger partial charge on any atom is 0.302 e. The van der Waals surface area contributed by atoms with Crippen LogP contribution in [-0.2, 0) is 16.1 Å². The van der Waals surface area contributed by atoms with Gasteiger partial charge in [0.1, 0.15) is 0 Å². The molecule has 2 aromatic rings. The van der Waals surface area contributed by atoms with Gasteiger partial charge in [0, 0.05) is 13.5 Å². The molecule has 0 amide bonds. The molecule has 1 aromatic carbocycles. The number of ether oxygens (including phenoxy) is 2. The van der Waals surface area contributed by atoms with Crippen LogP contribution in [-0.4, -0.2) is 39.7 Å². The summed E-state index contributed by atoms with van der Waals surface area (Å²) >= 11 is 0. The predicted molar refractivity (Wildman–Crippen MR) is 112 cm³/mol. The number of aromatic nitrogens is 2. The maximum atomic E-state index is 12.8. The highest BCUT2D eigenvalue weighted by atomic mass is 16.5. The van der Waals surface area contributed by atoms with Gasteiger partial charge in [0.2, 0.25) is 5.88 Å². The van der Waals surface area contributed by atoms with Crippen molar-refractivity contribution in [1.82, 2.24) is 9.78 Å². The molecule has 1 N–H and O–H groups in total. The molecule has 0 saturated heterocycles. The van der Waals surface area contributed by atoms with E-state index >= 15 is 0 Å². The first-order valence-electron chi connectivity index (χ1n) is 10.4. The molecule has 0 spiro atoms. The number of unbranched alkanes of at least 4 members (excludes halogenated alkanes) is 2. The number of carbonyl (C=O) groups excluding carboxylic acids is 1. The van der Waals surface area contributed by atoms with E-state index in [-0.39, 0.29) is 23.7 Å². The number of aryl methyl sites for hydroxylation is 1. The standard InChI is InChI=1S/C22H32N2O5/c1-16(25)10-7-9-15-28-21-19-12-4-5-13-20(19)22(27)24(23-21)14-8-6-11-17(2)29-18(3)26/h4-5,12-13,16-17,25H,6-11,14-15H2,1-3H3. The fourth-order valence-corrected chi connectivity index (χ4v) is 3.21. The Morgan fingerprint density at radius 2 is 1.79 bits per heavy atom. The zero-order chi connectivity index (χ0) is 21.2. The quantitative estimate of drug-likeness (QED) is 0.430. The summed E-state index contributed by atoms with van der Waals surface area (Å²) in [6, 6.07) is 7.34. The highest BCUT2D eigenvalue weighted by Crippen LogP contribution is 2.20. The lowest BCUT2D eigenvalue weighted by Gasteiger charge is -2.13. The Hall–Kier alpha value is -2.41. The van der Waals surface area contributed by atoms with Gasteiger partial charge in [-0.1, -0.05) is 12.1 Å². The number of aliphatic hydroxyl groups is 1. The molecule has 1 heterocycles. The zero-order valence-electron chi connectivity index (χ0n) is 17.6. The number of nitrogens with zero attached hydrogens (tertiary/aromatic N) is 2. The first kappa shape index (κ1) is 22.9. The molecule has 7 nitrogen and oxygen atoms in total. The fraction of sp³-hybridized carbons (Fsp3) is 0.591. The monoisotopic (exact) mass is 404 g/mol. The Kier molecular flexibility index (Phi) is 9.12. The van der Waals surface area contributed by atoms with Gasteiger partial charge in [-0.3, -0.25) is 9.59 Å². The van der Waals surface area contributed by atoms with E-state index in [1.165, 1.54) is 11.6 Å². The number of fused-ring (bicyclic) bond motifs is 1. The Balaban J connectivity index is 2.01. The Morgan fingerprint density at radius 3 is 2.48 bits per heavy atom. The highest BCUT2D eigenvalue weighted by Gasteiger charge is 2.12. The smallest absolute Gasteiger partial charge is 0.302 e. The fourth-order valence-electron chi connectivity index (χ4n) is 3.21. The largest absolute Gasteiger partial charge is 0.476 e. The topological polar surface area (TPSA) is 90.7 Å². The van der Waals surface area contributed by atoms with E-state index in [2.05, 4.69) is 5.10 Å². The number of carbonyl (C=O) groups is 1. The lowest BCUT2D eigenvalue weighted by molar-refractivity contribution is -0.145. The lowest BCUT2D eigenvalue weighted by Crippen LogP contribution is -2.24. The molecule has 0 aliphatic rings. The van der Waals surface area contributed by atoms with Crippen LogP contribution >= 0.6 is 0 Å². The molecule has 29 heavy (non-hydrogen) atoms. The predicted octanol–water partition coefficient (Wildman–Crippen LogP) is 3.45. The van der Waals surface area contributed by atoms with Gasteiger partial charge in [-0.15, -0.1) is 5.10 Å². The molecule has 0 bridgehead atoms. The Labute approximate surface area is 171 Å². The SMILES string of the molecule is CC(=O)OC(C)CCCCn1nc(OCCCCC(C)O)c2ccccc2c1=O. The van der Waals surface area contributed by atoms with Gasteiger partial charge in [0.25, 0.3) is 5.56 Å². The summed E-state index contributed by atoms with van der Waals surface area (Å²) in [5.41, 5.74) is -0.130. The summed E-state index contributed by atoms with van der Waals surface area (Å²) in [5.74, 6) is 0.186. The van der Waals surface area contributed by atoms with Gasteiger partial charge >= 0.3 is 5.97 Å². The molecule has 2 rings (SSSR count). The van der Waals surface area contributed by atoms with Crippen LogP contribution < -0.4 is 10.3 Å². The number of hydrogen-bond donors (Lipinski definition) is 1. The number of hydrogen-bond acceptors (Lipinski definition) is 6. The van der Waals surface area contributed by atoms with Crippen molar-refractivity contribution >= 4 is 16.7 Å². The molecule has 0 saturated carbocycles. The van der Waals surface area contributed by atoms with Gasteiger partial charge in [-0.05, 0) is 64.5 Å². The third kappa shape index (κ3) is 7.49. The van der Waals surface area contributed by atoms with Gasteiger partial charge < -0.3 is 14.6 Å². The molecule has 160 valence electrons. The van der Waals surface area contributed by atoms with Crippen molar-refractivity contribution in [2.45, 2.75) is 78.0 Å². The number of esters is 1. The molecule has 0 aliphatic heterocycles. The summed E-state index contributed by atoms with van der Waals surface area (Å²) in [4.78, 5) is 23.7. The molecular formula is C22H32N2O5. The summed E-state index contributed by atoms with van der Waals surface area (Å²) < 4.78 is 12.5. The molecule has 1 aromatic heterocycles. The van der Waals surface area contributed by atoms with E-state index in [1.807, 2.05) is 25.1 Å². The zero-order valence-corrected chi connectivity index (χ0v) is 17.6. The highest BCUT2D eigenvalue weighted by molar-refractivity contribution is 5.85. The van der Waals surface area contributed by atoms with Crippen LogP contribution in [0.2, 0.25) is 0 Å². The summed E-state index contributed by atoms with van der Waals surface area (Å²) in [7, 11) is 0. The minimum absolute atomic E-state index is 0.130. The lowest BCUT2D eigenvalue weighted by atomic mass is 10.1. The van der Waals surface area contributed by atoms with Crippen molar-refractivity contribution in [3.8, 4) is 5.88 Å². The van der Waals surface area contributed by atoms with Crippen LogP contribution in [0.25, 0.3) is 10.8 Å². The van der Waals surface area contributed by atoms with Gasteiger partial charge in [-0.25, -0.2) is 4.68 Å². The summed E-state index contributed by atoms with van der Waals surface area (Å²) in [6.07, 6.45) is 4.31. The van der Waals surface area contributed by atoms with Crippen molar-refractivity contribution in [3.05, 3.63) is 34.6 Å². The maximum absolute atomic E-state index is 12.8. The second-order valence-corrected chi connectivity index (χ2v) is 7.49. The first-order chi connectivity index (χ1) is 13.9. The third-order valence-corrected chi connectivity index (χ3v) is 4.69. The van der Waals surface area contributed by atoms with E-state index in [1.54, 1.807) is 13.0 Å². The molecule has 2 atom stereocenters. The van der Waals surface area contributed by atoms with E-state index in [9.17, 15) is 14.7 Å². The minimum Gasteiger partial charge on any atom is -0.476 e. The van der Waals surface area contributed by atoms with Crippen LogP contribution in [0.1, 0.15) is 59.3 Å². The number of rotatable bonds is 12. The molecule has 0 aliphatic carbocycles. The van der Waals surface area contributed by atoms with E-state index in [0.717, 1.165) is 38.5 Å². The number of aliphatic hydroxyl groups excluding tert-OH is 1. The van der Waals surface area contributed by atoms with Gasteiger partial charge in [0.15, 0.2) is 0 Å². The Bertz CT molecular complexity index is 847. The van der Waals surface area contributed by atoms with Crippen molar-refractivity contribution < 1.29 is 19.4 Å². The molecule has 7 heteroatoms. The molecular weight excluding hydrogens is 372 g/mol. The van der Waals surface area contributed by atoms with E-state index < -0.39 is 0 Å². The molecule has 2 unspecified atom stereocenters. The van der Waals surface area contributed by atoms with E-state index in [4.69, 9.17) is 9.47 Å². The summed E-state index contributed by atoms with van der Waals surface area (Å²) in [5, 5.41) is 15.1. The normalized spacial score (nSPS) is 13.2. The first-order valence-corrected chi connectivity index (χ1v) is 10.4. The van der Waals surface area contributed by atoms with Gasteiger partial charge in [-0.2, -0.15) is 0 Å².